The Morgan fingerprint density at radius 1 is 1.31 bits per heavy atom. The zero-order valence-corrected chi connectivity index (χ0v) is 20.6. The van der Waals surface area contributed by atoms with Gasteiger partial charge >= 0.3 is 0 Å². The first kappa shape index (κ1) is 23.3. The molecule has 6 nitrogen and oxygen atoms in total. The van der Waals surface area contributed by atoms with Crippen LogP contribution in [-0.4, -0.2) is 38.7 Å². The lowest BCUT2D eigenvalue weighted by molar-refractivity contribution is -0.120. The van der Waals surface area contributed by atoms with Gasteiger partial charge in [-0.05, 0) is 42.7 Å². The standard InChI is InChI=1S/C22H23Cl2N5OS2/c1-13(30)27-16-5-7-29(11-14-2-3-17(23)18(24)8-14)21(10-16)32-22-28-19(12-31-22)15-4-6-26-20(25)9-15/h2-4,6,8-9,12,16,21H,5,7,10-11H2,1H3,(H2,25,26)(H,27,30). The second-order valence-corrected chi connectivity index (χ2v) is 10.8. The molecule has 1 aliphatic heterocycles. The molecule has 10 heteroatoms. The number of hydrogen-bond donors (Lipinski definition) is 2. The molecule has 1 fully saturated rings. The fourth-order valence-corrected chi connectivity index (χ4v) is 6.35. The van der Waals surface area contributed by atoms with Crippen LogP contribution < -0.4 is 11.1 Å². The van der Waals surface area contributed by atoms with Gasteiger partial charge in [0.1, 0.15) is 5.82 Å². The van der Waals surface area contributed by atoms with Crippen LogP contribution in [0, 0.1) is 0 Å². The molecule has 2 aromatic heterocycles. The second-order valence-electron chi connectivity index (χ2n) is 7.68. The number of benzene rings is 1. The van der Waals surface area contributed by atoms with Crippen LogP contribution in [0.5, 0.6) is 0 Å². The van der Waals surface area contributed by atoms with Gasteiger partial charge in [-0.25, -0.2) is 9.97 Å². The third-order valence-electron chi connectivity index (χ3n) is 5.23. The molecule has 168 valence electrons. The molecule has 2 atom stereocenters. The van der Waals surface area contributed by atoms with Crippen molar-refractivity contribution < 1.29 is 4.79 Å². The number of likely N-dealkylation sites (tertiary alicyclic amines) is 1. The molecule has 1 aromatic carbocycles. The molecular formula is C22H23Cl2N5OS2. The number of carbonyl (C=O) groups excluding carboxylic acids is 1. The Bertz CT molecular complexity index is 1110. The first-order valence-electron chi connectivity index (χ1n) is 10.2. The summed E-state index contributed by atoms with van der Waals surface area (Å²) in [4.78, 5) is 22.9. The summed E-state index contributed by atoms with van der Waals surface area (Å²) in [6.07, 6.45) is 3.43. The van der Waals surface area contributed by atoms with Crippen LogP contribution in [0.2, 0.25) is 10.0 Å². The molecule has 0 saturated carbocycles. The van der Waals surface area contributed by atoms with Gasteiger partial charge in [0, 0.05) is 43.2 Å². The molecule has 4 rings (SSSR count). The third kappa shape index (κ3) is 5.94. The molecule has 32 heavy (non-hydrogen) atoms. The summed E-state index contributed by atoms with van der Waals surface area (Å²) >= 11 is 15.6. The number of nitrogen functional groups attached to an aromatic ring is 1. The van der Waals surface area contributed by atoms with Crippen molar-refractivity contribution in [1.82, 2.24) is 20.2 Å². The van der Waals surface area contributed by atoms with Crippen LogP contribution in [-0.2, 0) is 11.3 Å². The maximum absolute atomic E-state index is 11.6. The van der Waals surface area contributed by atoms with Gasteiger partial charge < -0.3 is 11.1 Å². The van der Waals surface area contributed by atoms with E-state index in [-0.39, 0.29) is 17.3 Å². The molecule has 2 unspecified atom stereocenters. The molecule has 0 radical (unpaired) electrons. The SMILES string of the molecule is CC(=O)NC1CCN(Cc2ccc(Cl)c(Cl)c2)C(Sc2nc(-c3ccnc(N)c3)cs2)C1. The molecule has 3 N–H and O–H groups in total. The number of amides is 1. The van der Waals surface area contributed by atoms with Crippen molar-refractivity contribution in [2.75, 3.05) is 12.3 Å². The lowest BCUT2D eigenvalue weighted by atomic mass is 10.0. The van der Waals surface area contributed by atoms with Crippen molar-refractivity contribution in [3.63, 3.8) is 0 Å². The lowest BCUT2D eigenvalue weighted by Gasteiger charge is -2.39. The van der Waals surface area contributed by atoms with Crippen molar-refractivity contribution in [1.29, 1.82) is 0 Å². The minimum absolute atomic E-state index is 0.00323. The number of carbonyl (C=O) groups is 1. The minimum atomic E-state index is 0.00323. The van der Waals surface area contributed by atoms with E-state index in [0.717, 1.165) is 47.1 Å². The molecule has 3 heterocycles. The number of nitrogens with two attached hydrogens (primary N) is 1. The van der Waals surface area contributed by atoms with E-state index in [1.54, 1.807) is 36.2 Å². The number of halogens is 2. The quantitative estimate of drug-likeness (QED) is 0.469. The topological polar surface area (TPSA) is 84.1 Å². The van der Waals surface area contributed by atoms with Crippen molar-refractivity contribution in [3.05, 3.63) is 57.5 Å². The number of rotatable bonds is 6. The third-order valence-corrected chi connectivity index (χ3v) is 8.24. The van der Waals surface area contributed by atoms with Gasteiger partial charge in [0.2, 0.25) is 5.91 Å². The number of nitrogens with zero attached hydrogens (tertiary/aromatic N) is 3. The van der Waals surface area contributed by atoms with Crippen LogP contribution in [0.3, 0.4) is 0 Å². The molecule has 3 aromatic rings. The number of aromatic nitrogens is 2. The Kier molecular flexibility index (Phi) is 7.58. The molecule has 0 bridgehead atoms. The largest absolute Gasteiger partial charge is 0.384 e. The number of hydrogen-bond acceptors (Lipinski definition) is 7. The average Bonchev–Trinajstić information content (AvgIpc) is 3.21. The monoisotopic (exact) mass is 507 g/mol. The number of thiazole rings is 1. The predicted molar refractivity (Wildman–Crippen MR) is 133 cm³/mol. The summed E-state index contributed by atoms with van der Waals surface area (Å²) in [7, 11) is 0. The highest BCUT2D eigenvalue weighted by molar-refractivity contribution is 8.01. The van der Waals surface area contributed by atoms with Crippen LogP contribution in [0.25, 0.3) is 11.3 Å². The summed E-state index contributed by atoms with van der Waals surface area (Å²) in [5.41, 5.74) is 8.76. The Morgan fingerprint density at radius 3 is 2.91 bits per heavy atom. The van der Waals surface area contributed by atoms with E-state index in [1.807, 2.05) is 35.7 Å². The van der Waals surface area contributed by atoms with Gasteiger partial charge in [0.25, 0.3) is 0 Å². The highest BCUT2D eigenvalue weighted by atomic mass is 35.5. The number of piperidine rings is 1. The molecular weight excluding hydrogens is 485 g/mol. The summed E-state index contributed by atoms with van der Waals surface area (Å²) in [6.45, 7) is 3.18. The second kappa shape index (κ2) is 10.4. The van der Waals surface area contributed by atoms with Gasteiger partial charge in [-0.3, -0.25) is 9.69 Å². The van der Waals surface area contributed by atoms with Gasteiger partial charge in [-0.2, -0.15) is 0 Å². The van der Waals surface area contributed by atoms with E-state index in [4.69, 9.17) is 33.9 Å². The van der Waals surface area contributed by atoms with Crippen LogP contribution in [0.15, 0.2) is 46.2 Å². The summed E-state index contributed by atoms with van der Waals surface area (Å²) in [6, 6.07) is 9.64. The Morgan fingerprint density at radius 2 is 2.16 bits per heavy atom. The smallest absolute Gasteiger partial charge is 0.217 e. The Balaban J connectivity index is 1.52. The van der Waals surface area contributed by atoms with Gasteiger partial charge in [-0.15, -0.1) is 11.3 Å². The first-order valence-corrected chi connectivity index (χ1v) is 12.7. The average molecular weight is 509 g/mol. The molecule has 1 amide bonds. The minimum Gasteiger partial charge on any atom is -0.384 e. The fraction of sp³-hybridized carbons (Fsp3) is 0.318. The Labute approximate surface area is 205 Å². The number of anilines is 1. The fourth-order valence-electron chi connectivity index (χ4n) is 3.74. The van der Waals surface area contributed by atoms with Crippen LogP contribution in [0.4, 0.5) is 5.82 Å². The van der Waals surface area contributed by atoms with Gasteiger partial charge in [0.05, 0.1) is 21.1 Å². The number of pyridine rings is 1. The van der Waals surface area contributed by atoms with Gasteiger partial charge in [-0.1, -0.05) is 41.0 Å². The van der Waals surface area contributed by atoms with E-state index in [2.05, 4.69) is 15.2 Å². The number of nitrogens with one attached hydrogen (secondary N) is 1. The zero-order valence-electron chi connectivity index (χ0n) is 17.4. The highest BCUT2D eigenvalue weighted by Gasteiger charge is 2.30. The van der Waals surface area contributed by atoms with Crippen molar-refractivity contribution in [2.24, 2.45) is 0 Å². The van der Waals surface area contributed by atoms with E-state index in [9.17, 15) is 4.79 Å². The molecule has 1 saturated heterocycles. The molecule has 0 spiro atoms. The molecule has 0 aliphatic carbocycles. The van der Waals surface area contributed by atoms with E-state index >= 15 is 0 Å². The maximum Gasteiger partial charge on any atom is 0.217 e. The normalized spacial score (nSPS) is 19.1. The van der Waals surface area contributed by atoms with E-state index < -0.39 is 0 Å². The first-order chi connectivity index (χ1) is 15.4. The lowest BCUT2D eigenvalue weighted by Crippen LogP contribution is -2.47. The van der Waals surface area contributed by atoms with E-state index in [0.29, 0.717) is 15.9 Å². The zero-order chi connectivity index (χ0) is 22.7. The van der Waals surface area contributed by atoms with E-state index in [1.165, 1.54) is 0 Å². The van der Waals surface area contributed by atoms with Crippen LogP contribution in [0.1, 0.15) is 25.3 Å². The number of thioether (sulfide) groups is 1. The molecule has 1 aliphatic rings. The summed E-state index contributed by atoms with van der Waals surface area (Å²) in [5, 5.41) is 6.39. The van der Waals surface area contributed by atoms with Crippen LogP contribution >= 0.6 is 46.3 Å². The highest BCUT2D eigenvalue weighted by Crippen LogP contribution is 2.37. The van der Waals surface area contributed by atoms with Gasteiger partial charge in [0.15, 0.2) is 4.34 Å². The van der Waals surface area contributed by atoms with Crippen molar-refractivity contribution in [3.8, 4) is 11.3 Å². The summed E-state index contributed by atoms with van der Waals surface area (Å²) in [5.74, 6) is 0.478. The summed E-state index contributed by atoms with van der Waals surface area (Å²) < 4.78 is 0.975. The van der Waals surface area contributed by atoms with Crippen molar-refractivity contribution >= 4 is 58.0 Å². The van der Waals surface area contributed by atoms with Crippen molar-refractivity contribution in [2.45, 2.75) is 42.1 Å². The predicted octanol–water partition coefficient (Wildman–Crippen LogP) is 5.31. The Hall–Kier alpha value is -1.84. The maximum atomic E-state index is 11.6.